The van der Waals surface area contributed by atoms with E-state index in [2.05, 4.69) is 79.5 Å². The molecule has 0 amide bonds. The van der Waals surface area contributed by atoms with E-state index in [4.69, 9.17) is 16.5 Å². The van der Waals surface area contributed by atoms with Gasteiger partial charge in [0.2, 0.25) is 0 Å². The highest BCUT2D eigenvalue weighted by Crippen LogP contribution is 2.53. The van der Waals surface area contributed by atoms with E-state index in [9.17, 15) is 0 Å². The van der Waals surface area contributed by atoms with Crippen LogP contribution < -0.4 is 9.75 Å². The Hall–Kier alpha value is -2.57. The van der Waals surface area contributed by atoms with E-state index in [1.165, 1.54) is 126 Å². The van der Waals surface area contributed by atoms with Gasteiger partial charge in [0.05, 0.1) is 11.2 Å². The first-order chi connectivity index (χ1) is 23.2. The number of rotatable bonds is 9. The van der Waals surface area contributed by atoms with Gasteiger partial charge in [0.15, 0.2) is 0 Å². The van der Waals surface area contributed by atoms with Crippen molar-refractivity contribution in [1.82, 2.24) is 19.1 Å². The molecular weight excluding hydrogens is 625 g/mol. The molecule has 0 aromatic carbocycles. The molecule has 5 aliphatic rings. The van der Waals surface area contributed by atoms with E-state index < -0.39 is 0 Å². The Bertz CT molecular complexity index is 1950. The summed E-state index contributed by atoms with van der Waals surface area (Å²) in [5.74, 6) is 5.01. The number of thiophene rings is 1. The predicted molar refractivity (Wildman–Crippen MR) is 206 cm³/mol. The molecule has 4 aliphatic carbocycles. The van der Waals surface area contributed by atoms with Gasteiger partial charge in [0.1, 0.15) is 21.5 Å². The van der Waals surface area contributed by atoms with Crippen LogP contribution in [0.2, 0.25) is 0 Å². The standard InChI is InChI=1S/C42H54N4S2/c1-7-8-9-10-11-12-21-45-36-27(3)22-35-33(25-47-39(36)44-41(45)42(4,5)6)37-40(48-35)43-38(46(37)34-24-28-19-20-29(34)23-28)32-18-14-16-30-26(2)15-13-17-31(30)32/h14-16,18,22,25,28-29,31-32,34H,3,7-13,17,19-21,23-24H2,1-2,4-6H3/t28?,29-,31-,32?,34?/m1/s1. The number of thioether (sulfide) groups is 1. The Morgan fingerprint density at radius 2 is 1.85 bits per heavy atom. The lowest BCUT2D eigenvalue weighted by Crippen LogP contribution is -2.28. The molecule has 5 atom stereocenters. The lowest BCUT2D eigenvalue weighted by molar-refractivity contribution is 0.320. The summed E-state index contributed by atoms with van der Waals surface area (Å²) < 4.78 is 6.61. The van der Waals surface area contributed by atoms with Crippen LogP contribution in [0.15, 0.2) is 47.1 Å². The molecule has 0 radical (unpaired) electrons. The van der Waals surface area contributed by atoms with Crippen LogP contribution in [0.1, 0.15) is 141 Å². The SMILES string of the molecule is C=C1C=c2sc3nc(C4C=CC=C5C(C)=CCC[C@H]54)n(C4CC5CC[C@@H]4C5)c3c2=CSc2nc(C(C)(C)C)n(CCCCCCCC)c21. The molecule has 0 N–H and O–H groups in total. The van der Waals surface area contributed by atoms with E-state index >= 15 is 0 Å². The fourth-order valence-electron chi connectivity index (χ4n) is 9.70. The summed E-state index contributed by atoms with van der Waals surface area (Å²) >= 11 is 3.70. The highest BCUT2D eigenvalue weighted by Gasteiger charge is 2.44. The van der Waals surface area contributed by atoms with Crippen molar-refractivity contribution in [3.63, 3.8) is 0 Å². The van der Waals surface area contributed by atoms with Crippen LogP contribution >= 0.6 is 23.1 Å². The second-order valence-electron chi connectivity index (χ2n) is 16.4. The Labute approximate surface area is 295 Å². The number of hydrogen-bond donors (Lipinski definition) is 0. The first-order valence-corrected chi connectivity index (χ1v) is 20.7. The summed E-state index contributed by atoms with van der Waals surface area (Å²) in [6.07, 6.45) is 27.6. The molecule has 8 rings (SSSR count). The van der Waals surface area contributed by atoms with Crippen LogP contribution in [0.4, 0.5) is 0 Å². The maximum atomic E-state index is 5.63. The summed E-state index contributed by atoms with van der Waals surface area (Å²) in [4.78, 5) is 12.2. The lowest BCUT2D eigenvalue weighted by Gasteiger charge is -2.34. The molecule has 2 bridgehead atoms. The van der Waals surface area contributed by atoms with Crippen molar-refractivity contribution in [3.8, 4) is 0 Å². The topological polar surface area (TPSA) is 35.6 Å². The van der Waals surface area contributed by atoms with Crippen LogP contribution in [0, 0.1) is 17.8 Å². The van der Waals surface area contributed by atoms with Crippen molar-refractivity contribution in [1.29, 1.82) is 0 Å². The largest absolute Gasteiger partial charge is 0.327 e. The minimum absolute atomic E-state index is 0.0367. The molecule has 3 aromatic heterocycles. The van der Waals surface area contributed by atoms with Crippen LogP contribution in [0.25, 0.3) is 27.4 Å². The Kier molecular flexibility index (Phi) is 8.80. The third-order valence-corrected chi connectivity index (χ3v) is 13.9. The molecule has 3 aromatic rings. The van der Waals surface area contributed by atoms with Gasteiger partial charge in [-0.3, -0.25) is 0 Å². The van der Waals surface area contributed by atoms with E-state index in [-0.39, 0.29) is 5.41 Å². The second kappa shape index (κ2) is 13.0. The Morgan fingerprint density at radius 3 is 2.62 bits per heavy atom. The van der Waals surface area contributed by atoms with E-state index in [1.54, 1.807) is 0 Å². The zero-order valence-electron chi connectivity index (χ0n) is 29.9. The van der Waals surface area contributed by atoms with Crippen molar-refractivity contribution >= 4 is 50.5 Å². The molecule has 4 nitrogen and oxygen atoms in total. The maximum Gasteiger partial charge on any atom is 0.143 e. The number of hydrogen-bond acceptors (Lipinski definition) is 4. The molecule has 0 spiro atoms. The zero-order valence-corrected chi connectivity index (χ0v) is 31.5. The van der Waals surface area contributed by atoms with Gasteiger partial charge in [-0.15, -0.1) is 11.3 Å². The lowest BCUT2D eigenvalue weighted by atomic mass is 9.73. The van der Waals surface area contributed by atoms with Gasteiger partial charge in [0.25, 0.3) is 0 Å². The van der Waals surface area contributed by atoms with Crippen LogP contribution in [-0.2, 0) is 12.0 Å². The third kappa shape index (κ3) is 5.67. The summed E-state index contributed by atoms with van der Waals surface area (Å²) in [6, 6.07) is 0.553. The highest BCUT2D eigenvalue weighted by molar-refractivity contribution is 8.06. The van der Waals surface area contributed by atoms with Gasteiger partial charge < -0.3 is 9.13 Å². The van der Waals surface area contributed by atoms with Crippen LogP contribution in [0.3, 0.4) is 0 Å². The summed E-state index contributed by atoms with van der Waals surface area (Å²) in [7, 11) is 0. The molecule has 48 heavy (non-hydrogen) atoms. The van der Waals surface area contributed by atoms with Crippen molar-refractivity contribution in [2.45, 2.75) is 141 Å². The average molecular weight is 679 g/mol. The molecule has 1 aliphatic heterocycles. The number of imidazole rings is 2. The Morgan fingerprint density at radius 1 is 1.02 bits per heavy atom. The van der Waals surface area contributed by atoms with Crippen LogP contribution in [0.5, 0.6) is 0 Å². The number of aromatic nitrogens is 4. The first kappa shape index (κ1) is 32.6. The molecule has 2 fully saturated rings. The third-order valence-electron chi connectivity index (χ3n) is 12.0. The van der Waals surface area contributed by atoms with Gasteiger partial charge in [-0.1, -0.05) is 114 Å². The van der Waals surface area contributed by atoms with E-state index in [0.29, 0.717) is 17.9 Å². The fraction of sp³-hybridized carbons (Fsp3) is 0.571. The van der Waals surface area contributed by atoms with Gasteiger partial charge in [-0.25, -0.2) is 9.97 Å². The second-order valence-corrected chi connectivity index (χ2v) is 18.3. The number of fused-ring (bicyclic) bond motifs is 7. The van der Waals surface area contributed by atoms with Crippen molar-refractivity contribution < 1.29 is 0 Å². The molecular formula is C42H54N4S2. The van der Waals surface area contributed by atoms with E-state index in [0.717, 1.165) is 29.0 Å². The number of nitrogens with zero attached hydrogens (tertiary/aromatic N) is 4. The highest BCUT2D eigenvalue weighted by atomic mass is 32.2. The van der Waals surface area contributed by atoms with Crippen molar-refractivity contribution in [2.24, 2.45) is 17.8 Å². The van der Waals surface area contributed by atoms with Gasteiger partial charge in [-0.2, -0.15) is 0 Å². The van der Waals surface area contributed by atoms with Crippen molar-refractivity contribution in [2.75, 3.05) is 0 Å². The smallest absolute Gasteiger partial charge is 0.143 e. The fourth-order valence-corrected chi connectivity index (χ4v) is 11.9. The minimum atomic E-state index is -0.0367. The summed E-state index contributed by atoms with van der Waals surface area (Å²) in [5, 5.41) is 4.87. The minimum Gasteiger partial charge on any atom is -0.327 e. The monoisotopic (exact) mass is 678 g/mol. The molecule has 3 unspecified atom stereocenters. The molecule has 2 saturated carbocycles. The van der Waals surface area contributed by atoms with Crippen molar-refractivity contribution in [3.05, 3.63) is 69.1 Å². The predicted octanol–water partition coefficient (Wildman–Crippen LogP) is 10.6. The quantitative estimate of drug-likeness (QED) is 0.211. The molecule has 254 valence electrons. The van der Waals surface area contributed by atoms with Gasteiger partial charge in [0, 0.05) is 33.7 Å². The molecule has 0 saturated heterocycles. The first-order valence-electron chi connectivity index (χ1n) is 19.0. The average Bonchev–Trinajstić information content (AvgIpc) is 3.87. The van der Waals surface area contributed by atoms with Crippen LogP contribution in [-0.4, -0.2) is 19.1 Å². The van der Waals surface area contributed by atoms with Gasteiger partial charge in [-0.05, 0) is 85.8 Å². The number of allylic oxidation sites excluding steroid dienone is 7. The zero-order chi connectivity index (χ0) is 33.2. The van der Waals surface area contributed by atoms with E-state index in [1.807, 2.05) is 23.1 Å². The van der Waals surface area contributed by atoms with Gasteiger partial charge >= 0.3 is 0 Å². The Balaban J connectivity index is 1.22. The summed E-state index contributed by atoms with van der Waals surface area (Å²) in [6.45, 7) is 17.3. The normalized spacial score (nSPS) is 26.4. The molecule has 6 heteroatoms. The number of unbranched alkanes of at least 4 members (excludes halogenated alkanes) is 5. The maximum absolute atomic E-state index is 5.63. The summed E-state index contributed by atoms with van der Waals surface area (Å²) in [5.41, 5.74) is 6.63. The molecule has 4 heterocycles.